The number of aromatic hydroxyl groups is 1. The Morgan fingerprint density at radius 3 is 2.20 bits per heavy atom. The van der Waals surface area contributed by atoms with Crippen LogP contribution in [0.4, 0.5) is 0 Å². The van der Waals surface area contributed by atoms with Crippen molar-refractivity contribution in [2.45, 2.75) is 0 Å². The average molecular weight is 276 g/mol. The summed E-state index contributed by atoms with van der Waals surface area (Å²) in [6, 6.07) is 20.4. The monoisotopic (exact) mass is 276 g/mol. The lowest BCUT2D eigenvalue weighted by Gasteiger charge is -2.11. The van der Waals surface area contributed by atoms with Crippen LogP contribution in [0.25, 0.3) is 32.0 Å². The van der Waals surface area contributed by atoms with Gasteiger partial charge in [-0.05, 0) is 27.8 Å². The lowest BCUT2D eigenvalue weighted by Crippen LogP contribution is -1.83. The van der Waals surface area contributed by atoms with Gasteiger partial charge in [-0.15, -0.1) is 11.3 Å². The summed E-state index contributed by atoms with van der Waals surface area (Å²) in [6.07, 6.45) is 0. The first-order chi connectivity index (χ1) is 9.86. The van der Waals surface area contributed by atoms with Crippen molar-refractivity contribution < 1.29 is 5.11 Å². The van der Waals surface area contributed by atoms with E-state index in [4.69, 9.17) is 0 Å². The molecule has 0 unspecified atom stereocenters. The van der Waals surface area contributed by atoms with Crippen molar-refractivity contribution in [1.82, 2.24) is 0 Å². The molecule has 0 atom stereocenters. The first-order valence-corrected chi connectivity index (χ1v) is 7.40. The van der Waals surface area contributed by atoms with Crippen molar-refractivity contribution in [3.63, 3.8) is 0 Å². The second-order valence-electron chi connectivity index (χ2n) is 4.80. The summed E-state index contributed by atoms with van der Waals surface area (Å²) in [5, 5.41) is 16.2. The molecule has 1 nitrogen and oxygen atoms in total. The van der Waals surface area contributed by atoms with Gasteiger partial charge in [0.25, 0.3) is 0 Å². The molecular formula is C18H12OS. The molecule has 0 saturated heterocycles. The van der Waals surface area contributed by atoms with Crippen LogP contribution in [0.2, 0.25) is 0 Å². The third kappa shape index (κ3) is 1.55. The van der Waals surface area contributed by atoms with E-state index in [0.29, 0.717) is 5.75 Å². The van der Waals surface area contributed by atoms with Gasteiger partial charge in [0.05, 0.1) is 4.70 Å². The van der Waals surface area contributed by atoms with Gasteiger partial charge in [-0.3, -0.25) is 0 Å². The van der Waals surface area contributed by atoms with E-state index in [1.807, 2.05) is 47.8 Å². The van der Waals surface area contributed by atoms with Gasteiger partial charge in [0, 0.05) is 10.9 Å². The van der Waals surface area contributed by atoms with E-state index >= 15 is 0 Å². The van der Waals surface area contributed by atoms with Crippen LogP contribution in [0, 0.1) is 0 Å². The summed E-state index contributed by atoms with van der Waals surface area (Å²) in [4.78, 5) is 0. The van der Waals surface area contributed by atoms with E-state index < -0.39 is 0 Å². The van der Waals surface area contributed by atoms with Gasteiger partial charge in [-0.25, -0.2) is 0 Å². The zero-order valence-corrected chi connectivity index (χ0v) is 11.5. The number of rotatable bonds is 1. The lowest BCUT2D eigenvalue weighted by atomic mass is 9.95. The SMILES string of the molecule is Oc1c(-c2ccccc2)c2ccccc2c2ccsc12. The summed E-state index contributed by atoms with van der Waals surface area (Å²) < 4.78 is 0.961. The van der Waals surface area contributed by atoms with E-state index in [0.717, 1.165) is 26.6 Å². The molecule has 0 aliphatic rings. The molecule has 96 valence electrons. The van der Waals surface area contributed by atoms with Crippen LogP contribution in [0.1, 0.15) is 0 Å². The van der Waals surface area contributed by atoms with Crippen LogP contribution in [0.3, 0.4) is 0 Å². The number of phenols is 1. The van der Waals surface area contributed by atoms with E-state index in [1.165, 1.54) is 5.39 Å². The van der Waals surface area contributed by atoms with Crippen LogP contribution >= 0.6 is 11.3 Å². The molecule has 0 radical (unpaired) electrons. The Hall–Kier alpha value is -2.32. The molecule has 3 aromatic carbocycles. The molecule has 0 saturated carbocycles. The number of fused-ring (bicyclic) bond motifs is 3. The lowest BCUT2D eigenvalue weighted by molar-refractivity contribution is 0.485. The van der Waals surface area contributed by atoms with Crippen LogP contribution in [-0.2, 0) is 0 Å². The van der Waals surface area contributed by atoms with Gasteiger partial charge in [-0.2, -0.15) is 0 Å². The van der Waals surface area contributed by atoms with Crippen LogP contribution in [0.5, 0.6) is 5.75 Å². The minimum atomic E-state index is 0.389. The van der Waals surface area contributed by atoms with E-state index in [2.05, 4.69) is 18.2 Å². The number of hydrogen-bond donors (Lipinski definition) is 1. The first kappa shape index (κ1) is 11.5. The molecule has 20 heavy (non-hydrogen) atoms. The molecule has 1 N–H and O–H groups in total. The van der Waals surface area contributed by atoms with E-state index in [-0.39, 0.29) is 0 Å². The molecule has 0 aliphatic carbocycles. The molecule has 1 heterocycles. The highest BCUT2D eigenvalue weighted by atomic mass is 32.1. The van der Waals surface area contributed by atoms with Gasteiger partial charge in [0.15, 0.2) is 0 Å². The standard InChI is InChI=1S/C18H12OS/c19-17-16(12-6-2-1-3-7-12)14-9-5-4-8-13(14)15-10-11-20-18(15)17/h1-11,19H. The van der Waals surface area contributed by atoms with Crippen molar-refractivity contribution in [2.75, 3.05) is 0 Å². The van der Waals surface area contributed by atoms with E-state index in [1.54, 1.807) is 11.3 Å². The van der Waals surface area contributed by atoms with Crippen LogP contribution < -0.4 is 0 Å². The molecule has 0 fully saturated rings. The van der Waals surface area contributed by atoms with Crippen molar-refractivity contribution >= 4 is 32.2 Å². The Balaban J connectivity index is 2.25. The molecule has 0 bridgehead atoms. The Morgan fingerprint density at radius 1 is 0.700 bits per heavy atom. The number of thiophene rings is 1. The average Bonchev–Trinajstić information content (AvgIpc) is 2.99. The fraction of sp³-hybridized carbons (Fsp3) is 0. The molecule has 0 spiro atoms. The Morgan fingerprint density at radius 2 is 1.40 bits per heavy atom. The summed E-state index contributed by atoms with van der Waals surface area (Å²) in [6.45, 7) is 0. The number of phenolic OH excluding ortho intramolecular Hbond substituents is 1. The van der Waals surface area contributed by atoms with E-state index in [9.17, 15) is 5.11 Å². The summed E-state index contributed by atoms with van der Waals surface area (Å²) in [5.41, 5.74) is 1.98. The third-order valence-electron chi connectivity index (χ3n) is 3.67. The van der Waals surface area contributed by atoms with Crippen molar-refractivity contribution in [2.24, 2.45) is 0 Å². The minimum Gasteiger partial charge on any atom is -0.506 e. The Kier molecular flexibility index (Phi) is 2.51. The minimum absolute atomic E-state index is 0.389. The maximum absolute atomic E-state index is 10.7. The Labute approximate surface area is 120 Å². The quantitative estimate of drug-likeness (QED) is 0.491. The van der Waals surface area contributed by atoms with Crippen molar-refractivity contribution in [3.05, 3.63) is 66.0 Å². The molecule has 4 aromatic rings. The molecular weight excluding hydrogens is 264 g/mol. The summed E-state index contributed by atoms with van der Waals surface area (Å²) in [5.74, 6) is 0.389. The predicted octanol–water partition coefficient (Wildman–Crippen LogP) is 5.43. The largest absolute Gasteiger partial charge is 0.506 e. The number of hydrogen-bond acceptors (Lipinski definition) is 2. The summed E-state index contributed by atoms with van der Waals surface area (Å²) in [7, 11) is 0. The second-order valence-corrected chi connectivity index (χ2v) is 5.71. The second kappa shape index (κ2) is 4.36. The van der Waals surface area contributed by atoms with Gasteiger partial charge in [0.1, 0.15) is 5.75 Å². The zero-order chi connectivity index (χ0) is 13.5. The van der Waals surface area contributed by atoms with Crippen molar-refractivity contribution in [3.8, 4) is 16.9 Å². The molecule has 0 aliphatic heterocycles. The topological polar surface area (TPSA) is 20.2 Å². The van der Waals surface area contributed by atoms with Crippen LogP contribution in [-0.4, -0.2) is 5.11 Å². The fourth-order valence-electron chi connectivity index (χ4n) is 2.78. The smallest absolute Gasteiger partial charge is 0.141 e. The van der Waals surface area contributed by atoms with Crippen molar-refractivity contribution in [1.29, 1.82) is 0 Å². The molecule has 2 heteroatoms. The fourth-order valence-corrected chi connectivity index (χ4v) is 3.64. The molecule has 1 aromatic heterocycles. The predicted molar refractivity (Wildman–Crippen MR) is 86.4 cm³/mol. The maximum atomic E-state index is 10.7. The third-order valence-corrected chi connectivity index (χ3v) is 4.59. The normalized spacial score (nSPS) is 11.2. The van der Waals surface area contributed by atoms with Gasteiger partial charge in [-0.1, -0.05) is 54.6 Å². The highest BCUT2D eigenvalue weighted by molar-refractivity contribution is 7.17. The zero-order valence-electron chi connectivity index (χ0n) is 10.7. The first-order valence-electron chi connectivity index (χ1n) is 6.52. The highest BCUT2D eigenvalue weighted by Gasteiger charge is 2.15. The van der Waals surface area contributed by atoms with Crippen LogP contribution in [0.15, 0.2) is 66.0 Å². The molecule has 0 amide bonds. The Bertz CT molecular complexity index is 907. The maximum Gasteiger partial charge on any atom is 0.141 e. The highest BCUT2D eigenvalue weighted by Crippen LogP contribution is 2.45. The number of benzene rings is 3. The molecule has 4 rings (SSSR count). The van der Waals surface area contributed by atoms with Gasteiger partial charge >= 0.3 is 0 Å². The summed E-state index contributed by atoms with van der Waals surface area (Å²) >= 11 is 1.59. The van der Waals surface area contributed by atoms with Gasteiger partial charge < -0.3 is 5.11 Å². The van der Waals surface area contributed by atoms with Gasteiger partial charge in [0.2, 0.25) is 0 Å².